The number of amides is 2. The third kappa shape index (κ3) is 4.78. The Morgan fingerprint density at radius 2 is 1.55 bits per heavy atom. The van der Waals surface area contributed by atoms with Gasteiger partial charge in [0.2, 0.25) is 5.91 Å². The summed E-state index contributed by atoms with van der Waals surface area (Å²) in [4.78, 5) is 30.1. The molecule has 0 aliphatic carbocycles. The van der Waals surface area contributed by atoms with E-state index < -0.39 is 20.0 Å². The van der Waals surface area contributed by atoms with Gasteiger partial charge >= 0.3 is 0 Å². The molecule has 5 nitrogen and oxygen atoms in total. The molecule has 6 heteroatoms. The molecule has 0 saturated heterocycles. The van der Waals surface area contributed by atoms with E-state index in [1.807, 2.05) is 48.5 Å². The van der Waals surface area contributed by atoms with Gasteiger partial charge in [0.25, 0.3) is 5.91 Å². The molecule has 0 fully saturated rings. The van der Waals surface area contributed by atoms with Gasteiger partial charge in [-0.1, -0.05) is 70.3 Å². The first-order chi connectivity index (χ1) is 14.5. The zero-order chi connectivity index (χ0) is 22.8. The Kier molecular flexibility index (Phi) is 6.19. The van der Waals surface area contributed by atoms with Gasteiger partial charge in [0, 0.05) is 17.2 Å². The predicted octanol–water partition coefficient (Wildman–Crippen LogP) is 4.41. The minimum Gasteiger partial charge on any atom is -0.368 e. The number of para-hydroxylation sites is 2. The number of fused-ring (bicyclic) bond motifs is 2. The number of carbonyl (C=O) groups is 2. The van der Waals surface area contributed by atoms with E-state index in [1.165, 1.54) is 0 Å². The predicted molar refractivity (Wildman–Crippen MR) is 129 cm³/mol. The van der Waals surface area contributed by atoms with Gasteiger partial charge in [0.05, 0.1) is 16.6 Å². The normalized spacial score (nSPS) is 12.8. The average molecular weight is 432 g/mol. The van der Waals surface area contributed by atoms with Crippen molar-refractivity contribution in [2.24, 2.45) is 5.73 Å². The molecule has 0 aliphatic rings. The van der Waals surface area contributed by atoms with Crippen LogP contribution in [0.15, 0.2) is 48.5 Å². The van der Waals surface area contributed by atoms with Crippen LogP contribution < -0.4 is 11.1 Å². The first kappa shape index (κ1) is 22.5. The second kappa shape index (κ2) is 8.52. The first-order valence-electron chi connectivity index (χ1n) is 10.4. The Morgan fingerprint density at radius 3 is 2.03 bits per heavy atom. The molecular formula is C25H29N3O2Si. The lowest BCUT2D eigenvalue weighted by molar-refractivity contribution is -0.119. The Balaban J connectivity index is 1.95. The molecule has 0 saturated carbocycles. The molecule has 2 aromatic carbocycles. The maximum absolute atomic E-state index is 13.3. The van der Waals surface area contributed by atoms with Crippen molar-refractivity contribution in [2.75, 3.05) is 0 Å². The molecule has 0 aliphatic heterocycles. The molecule has 1 heterocycles. The van der Waals surface area contributed by atoms with E-state index >= 15 is 0 Å². The fourth-order valence-electron chi connectivity index (χ4n) is 3.10. The molecule has 0 radical (unpaired) electrons. The van der Waals surface area contributed by atoms with Crippen molar-refractivity contribution in [3.63, 3.8) is 0 Å². The van der Waals surface area contributed by atoms with Crippen molar-refractivity contribution in [2.45, 2.75) is 51.4 Å². The highest BCUT2D eigenvalue weighted by Gasteiger charge is 2.33. The van der Waals surface area contributed by atoms with Gasteiger partial charge in [0.15, 0.2) is 0 Å². The van der Waals surface area contributed by atoms with Gasteiger partial charge in [-0.05, 0) is 17.2 Å². The van der Waals surface area contributed by atoms with Crippen molar-refractivity contribution in [3.8, 4) is 11.5 Å². The lowest BCUT2D eigenvalue weighted by Gasteiger charge is -2.31. The third-order valence-corrected chi connectivity index (χ3v) is 10.6. The van der Waals surface area contributed by atoms with Gasteiger partial charge in [-0.15, -0.1) is 11.5 Å². The van der Waals surface area contributed by atoms with E-state index in [-0.39, 0.29) is 17.4 Å². The highest BCUT2D eigenvalue weighted by molar-refractivity contribution is 6.87. The van der Waals surface area contributed by atoms with Crippen LogP contribution in [-0.4, -0.2) is 30.9 Å². The maximum Gasteiger partial charge on any atom is 0.253 e. The van der Waals surface area contributed by atoms with Gasteiger partial charge in [-0.25, -0.2) is 4.98 Å². The van der Waals surface area contributed by atoms with Crippen LogP contribution in [0.3, 0.4) is 0 Å². The molecule has 3 N–H and O–H groups in total. The first-order valence-corrected chi connectivity index (χ1v) is 13.4. The molecule has 0 unspecified atom stereocenters. The summed E-state index contributed by atoms with van der Waals surface area (Å²) in [7, 11) is -1.82. The molecule has 0 spiro atoms. The SMILES string of the molecule is CC(C)(C)[Si](C)(C)C#CC[C@H](NC(=O)c1c2ccccc2nc2ccccc12)C(N)=O. The summed E-state index contributed by atoms with van der Waals surface area (Å²) < 4.78 is 0. The van der Waals surface area contributed by atoms with E-state index in [0.717, 1.165) is 21.8 Å². The highest BCUT2D eigenvalue weighted by atomic mass is 28.3. The number of nitrogens with one attached hydrogen (secondary N) is 1. The molecule has 1 aromatic heterocycles. The third-order valence-electron chi connectivity index (χ3n) is 6.05. The van der Waals surface area contributed by atoms with E-state index in [2.05, 4.69) is 55.6 Å². The Labute approximate surface area is 184 Å². The van der Waals surface area contributed by atoms with E-state index in [9.17, 15) is 9.59 Å². The van der Waals surface area contributed by atoms with Crippen LogP contribution in [0.25, 0.3) is 21.8 Å². The number of benzene rings is 2. The standard InChI is InChI=1S/C25H29N3O2Si/c1-25(2,3)31(4,5)16-10-15-21(23(26)29)28-24(30)22-17-11-6-8-13-19(17)27-20-14-9-7-12-18(20)22/h6-9,11-14,21H,15H2,1-5H3,(H2,26,29)(H,28,30)/t21-/m0/s1. The Hall–Kier alpha value is -3.17. The average Bonchev–Trinajstić information content (AvgIpc) is 2.70. The number of pyridine rings is 1. The van der Waals surface area contributed by atoms with Crippen molar-refractivity contribution in [3.05, 3.63) is 54.1 Å². The van der Waals surface area contributed by atoms with Crippen LogP contribution in [0.5, 0.6) is 0 Å². The molecule has 31 heavy (non-hydrogen) atoms. The number of rotatable bonds is 4. The van der Waals surface area contributed by atoms with Crippen LogP contribution in [-0.2, 0) is 4.79 Å². The minimum absolute atomic E-state index is 0.111. The van der Waals surface area contributed by atoms with Crippen molar-refractivity contribution in [1.82, 2.24) is 10.3 Å². The molecule has 3 rings (SSSR count). The molecule has 3 aromatic rings. The van der Waals surface area contributed by atoms with Crippen LogP contribution in [0, 0.1) is 11.5 Å². The zero-order valence-electron chi connectivity index (χ0n) is 18.7. The van der Waals surface area contributed by atoms with Crippen LogP contribution in [0.1, 0.15) is 37.6 Å². The quantitative estimate of drug-likeness (QED) is 0.364. The smallest absolute Gasteiger partial charge is 0.253 e. The number of nitrogens with zero attached hydrogens (tertiary/aromatic N) is 1. The number of hydrogen-bond acceptors (Lipinski definition) is 3. The summed E-state index contributed by atoms with van der Waals surface area (Å²) in [5, 5.41) is 4.39. The lowest BCUT2D eigenvalue weighted by Crippen LogP contribution is -2.44. The Bertz CT molecular complexity index is 1160. The summed E-state index contributed by atoms with van der Waals surface area (Å²) in [5.74, 6) is 2.18. The second-order valence-electron chi connectivity index (χ2n) is 9.33. The van der Waals surface area contributed by atoms with Crippen molar-refractivity contribution >= 4 is 41.7 Å². The topological polar surface area (TPSA) is 85.1 Å². The number of aromatic nitrogens is 1. The lowest BCUT2D eigenvalue weighted by atomic mass is 10.0. The summed E-state index contributed by atoms with van der Waals surface area (Å²) in [6, 6.07) is 14.1. The van der Waals surface area contributed by atoms with Crippen LogP contribution in [0.2, 0.25) is 18.1 Å². The van der Waals surface area contributed by atoms with Crippen LogP contribution in [0.4, 0.5) is 0 Å². The zero-order valence-corrected chi connectivity index (χ0v) is 19.7. The number of hydrogen-bond donors (Lipinski definition) is 2. The fraction of sp³-hybridized carbons (Fsp3) is 0.320. The van der Waals surface area contributed by atoms with E-state index in [0.29, 0.717) is 5.56 Å². The number of nitrogens with two attached hydrogens (primary N) is 1. The van der Waals surface area contributed by atoms with Crippen molar-refractivity contribution < 1.29 is 9.59 Å². The maximum atomic E-state index is 13.3. The van der Waals surface area contributed by atoms with Crippen LogP contribution >= 0.6 is 0 Å². The summed E-state index contributed by atoms with van der Waals surface area (Å²) in [6.45, 7) is 10.9. The van der Waals surface area contributed by atoms with E-state index in [4.69, 9.17) is 5.73 Å². The molecule has 1 atom stereocenters. The number of carbonyl (C=O) groups excluding carboxylic acids is 2. The molecule has 0 bridgehead atoms. The summed E-state index contributed by atoms with van der Waals surface area (Å²) >= 11 is 0. The van der Waals surface area contributed by atoms with E-state index in [1.54, 1.807) is 0 Å². The summed E-state index contributed by atoms with van der Waals surface area (Å²) in [5.41, 5.74) is 10.9. The molecule has 160 valence electrons. The molecular weight excluding hydrogens is 402 g/mol. The van der Waals surface area contributed by atoms with Gasteiger partial charge in [-0.2, -0.15) is 0 Å². The summed E-state index contributed by atoms with van der Waals surface area (Å²) in [6.07, 6.45) is 0.189. The fourth-order valence-corrected chi connectivity index (χ4v) is 4.02. The highest BCUT2D eigenvalue weighted by Crippen LogP contribution is 2.35. The largest absolute Gasteiger partial charge is 0.368 e. The van der Waals surface area contributed by atoms with Gasteiger partial charge < -0.3 is 11.1 Å². The Morgan fingerprint density at radius 1 is 1.03 bits per heavy atom. The molecule has 2 amide bonds. The van der Waals surface area contributed by atoms with Gasteiger partial charge in [-0.3, -0.25) is 9.59 Å². The monoisotopic (exact) mass is 431 g/mol. The second-order valence-corrected chi connectivity index (χ2v) is 14.3. The van der Waals surface area contributed by atoms with Crippen molar-refractivity contribution in [1.29, 1.82) is 0 Å². The minimum atomic E-state index is -1.82. The van der Waals surface area contributed by atoms with Gasteiger partial charge in [0.1, 0.15) is 14.1 Å². The number of primary amides is 1.